The summed E-state index contributed by atoms with van der Waals surface area (Å²) in [4.78, 5) is 22.6. The molecule has 0 aliphatic carbocycles. The number of methoxy groups -OCH3 is 1. The molecule has 1 N–H and O–H groups in total. The van der Waals surface area contributed by atoms with Gasteiger partial charge in [-0.2, -0.15) is 5.10 Å². The van der Waals surface area contributed by atoms with Crippen LogP contribution in [0, 0.1) is 6.92 Å². The number of aromatic nitrogens is 2. The lowest BCUT2D eigenvalue weighted by Gasteiger charge is -2.11. The molecule has 0 unspecified atom stereocenters. The number of aryl methyl sites for hydroxylation is 2. The van der Waals surface area contributed by atoms with Gasteiger partial charge in [-0.05, 0) is 25.1 Å². The number of nitrogens with one attached hydrogen (secondary N) is 1. The van der Waals surface area contributed by atoms with Gasteiger partial charge >= 0.3 is 0 Å². The molecule has 7 heteroatoms. The fourth-order valence-corrected chi connectivity index (χ4v) is 1.93. The van der Waals surface area contributed by atoms with Gasteiger partial charge in [-0.15, -0.1) is 0 Å². The summed E-state index contributed by atoms with van der Waals surface area (Å²) in [5.74, 6) is 1.07. The van der Waals surface area contributed by atoms with Crippen molar-refractivity contribution in [3.05, 3.63) is 35.5 Å². The zero-order chi connectivity index (χ0) is 16.1. The van der Waals surface area contributed by atoms with Crippen LogP contribution >= 0.6 is 0 Å². The van der Waals surface area contributed by atoms with Crippen LogP contribution in [0.5, 0.6) is 11.5 Å². The highest BCUT2D eigenvalue weighted by Gasteiger charge is 2.10. The Morgan fingerprint density at radius 1 is 1.36 bits per heavy atom. The molecule has 0 aliphatic heterocycles. The molecule has 1 aromatic carbocycles. The van der Waals surface area contributed by atoms with Gasteiger partial charge < -0.3 is 14.8 Å². The van der Waals surface area contributed by atoms with E-state index in [0.29, 0.717) is 29.2 Å². The molecule has 0 saturated carbocycles. The molecule has 116 valence electrons. The molecule has 2 rings (SSSR count). The summed E-state index contributed by atoms with van der Waals surface area (Å²) in [6.45, 7) is 1.66. The minimum atomic E-state index is -0.315. The van der Waals surface area contributed by atoms with Crippen molar-refractivity contribution in [1.29, 1.82) is 0 Å². The highest BCUT2D eigenvalue weighted by Crippen LogP contribution is 2.27. The Morgan fingerprint density at radius 2 is 2.14 bits per heavy atom. The lowest BCUT2D eigenvalue weighted by atomic mass is 10.2. The second-order valence-electron chi connectivity index (χ2n) is 4.66. The van der Waals surface area contributed by atoms with E-state index in [-0.39, 0.29) is 12.5 Å². The number of ether oxygens (including phenoxy) is 2. The highest BCUT2D eigenvalue weighted by atomic mass is 16.5. The fraction of sp³-hybridized carbons (Fsp3) is 0.267. The molecule has 0 fully saturated rings. The van der Waals surface area contributed by atoms with Gasteiger partial charge in [-0.1, -0.05) is 0 Å². The third kappa shape index (κ3) is 3.63. The highest BCUT2D eigenvalue weighted by molar-refractivity contribution is 5.91. The van der Waals surface area contributed by atoms with Gasteiger partial charge in [-0.25, -0.2) is 0 Å². The lowest BCUT2D eigenvalue weighted by Crippen LogP contribution is -2.21. The Bertz CT molecular complexity index is 694. The molecule has 0 atom stereocenters. The maximum Gasteiger partial charge on any atom is 0.263 e. The van der Waals surface area contributed by atoms with E-state index in [9.17, 15) is 9.59 Å². The predicted molar refractivity (Wildman–Crippen MR) is 80.5 cm³/mol. The number of hydrogen-bond donors (Lipinski definition) is 1. The van der Waals surface area contributed by atoms with Crippen molar-refractivity contribution >= 4 is 18.0 Å². The Balaban J connectivity index is 1.99. The van der Waals surface area contributed by atoms with Crippen LogP contribution in [0.25, 0.3) is 0 Å². The monoisotopic (exact) mass is 303 g/mol. The number of rotatable bonds is 6. The molecule has 7 nitrogen and oxygen atoms in total. The molecular weight excluding hydrogens is 286 g/mol. The SMILES string of the molecule is COc1cc(C=O)ccc1OCC(=O)Nc1cc(C)nn1C. The number of aldehydes is 1. The first-order chi connectivity index (χ1) is 10.5. The van der Waals surface area contributed by atoms with Crippen molar-refractivity contribution in [3.8, 4) is 11.5 Å². The first-order valence-electron chi connectivity index (χ1n) is 6.60. The van der Waals surface area contributed by atoms with E-state index in [4.69, 9.17) is 9.47 Å². The smallest absolute Gasteiger partial charge is 0.263 e. The Hall–Kier alpha value is -2.83. The zero-order valence-electron chi connectivity index (χ0n) is 12.6. The van der Waals surface area contributed by atoms with Gasteiger partial charge in [0.2, 0.25) is 0 Å². The van der Waals surface area contributed by atoms with E-state index in [0.717, 1.165) is 5.69 Å². The third-order valence-electron chi connectivity index (χ3n) is 2.95. The molecule has 0 radical (unpaired) electrons. The van der Waals surface area contributed by atoms with Crippen molar-refractivity contribution in [3.63, 3.8) is 0 Å². The van der Waals surface area contributed by atoms with Gasteiger partial charge in [0.25, 0.3) is 5.91 Å². The molecule has 2 aromatic rings. The number of nitrogens with zero attached hydrogens (tertiary/aromatic N) is 2. The van der Waals surface area contributed by atoms with Gasteiger partial charge in [0, 0.05) is 18.7 Å². The molecule has 1 heterocycles. The second kappa shape index (κ2) is 6.75. The number of hydrogen-bond acceptors (Lipinski definition) is 5. The fourth-order valence-electron chi connectivity index (χ4n) is 1.93. The van der Waals surface area contributed by atoms with E-state index >= 15 is 0 Å². The molecule has 0 bridgehead atoms. The van der Waals surface area contributed by atoms with Crippen molar-refractivity contribution in [2.75, 3.05) is 19.0 Å². The van der Waals surface area contributed by atoms with Gasteiger partial charge in [0.15, 0.2) is 18.1 Å². The standard InChI is InChI=1S/C15H17N3O4/c1-10-6-14(18(2)17-10)16-15(20)9-22-12-5-4-11(8-19)7-13(12)21-3/h4-8H,9H2,1-3H3,(H,16,20). The van der Waals surface area contributed by atoms with Gasteiger partial charge in [-0.3, -0.25) is 14.3 Å². The number of carbonyl (C=O) groups excluding carboxylic acids is 2. The van der Waals surface area contributed by atoms with E-state index in [1.54, 1.807) is 36.0 Å². The third-order valence-corrected chi connectivity index (χ3v) is 2.95. The summed E-state index contributed by atoms with van der Waals surface area (Å²) in [5, 5.41) is 6.84. The van der Waals surface area contributed by atoms with Crippen LogP contribution < -0.4 is 14.8 Å². The number of amides is 1. The van der Waals surface area contributed by atoms with Crippen LogP contribution in [0.1, 0.15) is 16.1 Å². The molecule has 0 saturated heterocycles. The summed E-state index contributed by atoms with van der Waals surface area (Å²) in [7, 11) is 3.21. The van der Waals surface area contributed by atoms with Crippen molar-refractivity contribution in [1.82, 2.24) is 9.78 Å². The molecule has 0 spiro atoms. The molecule has 22 heavy (non-hydrogen) atoms. The van der Waals surface area contributed by atoms with Crippen molar-refractivity contribution in [2.45, 2.75) is 6.92 Å². The quantitative estimate of drug-likeness (QED) is 0.819. The van der Waals surface area contributed by atoms with E-state index in [1.165, 1.54) is 7.11 Å². The van der Waals surface area contributed by atoms with E-state index in [1.807, 2.05) is 6.92 Å². The molecular formula is C15H17N3O4. The van der Waals surface area contributed by atoms with E-state index in [2.05, 4.69) is 10.4 Å². The van der Waals surface area contributed by atoms with Gasteiger partial charge in [0.05, 0.1) is 12.8 Å². The maximum atomic E-state index is 11.9. The maximum absolute atomic E-state index is 11.9. The Labute approximate surface area is 127 Å². The molecule has 1 amide bonds. The summed E-state index contributed by atoms with van der Waals surface area (Å²) in [6.07, 6.45) is 0.712. The topological polar surface area (TPSA) is 82.4 Å². The number of carbonyl (C=O) groups is 2. The van der Waals surface area contributed by atoms with Crippen LogP contribution in [0.2, 0.25) is 0 Å². The number of benzene rings is 1. The average Bonchev–Trinajstić information content (AvgIpc) is 2.82. The first-order valence-corrected chi connectivity index (χ1v) is 6.60. The first kappa shape index (κ1) is 15.6. The van der Waals surface area contributed by atoms with Crippen LogP contribution in [-0.4, -0.2) is 35.7 Å². The van der Waals surface area contributed by atoms with Crippen LogP contribution in [-0.2, 0) is 11.8 Å². The van der Waals surface area contributed by atoms with Crippen molar-refractivity contribution < 1.29 is 19.1 Å². The summed E-state index contributed by atoms with van der Waals surface area (Å²) in [6, 6.07) is 6.49. The van der Waals surface area contributed by atoms with Crippen molar-refractivity contribution in [2.24, 2.45) is 7.05 Å². The minimum Gasteiger partial charge on any atom is -0.493 e. The predicted octanol–water partition coefficient (Wildman–Crippen LogP) is 1.57. The Morgan fingerprint density at radius 3 is 2.73 bits per heavy atom. The van der Waals surface area contributed by atoms with Gasteiger partial charge in [0.1, 0.15) is 12.1 Å². The second-order valence-corrected chi connectivity index (χ2v) is 4.66. The van der Waals surface area contributed by atoms with Crippen LogP contribution in [0.4, 0.5) is 5.82 Å². The van der Waals surface area contributed by atoms with Crippen LogP contribution in [0.15, 0.2) is 24.3 Å². The Kier molecular flexibility index (Phi) is 4.77. The van der Waals surface area contributed by atoms with E-state index < -0.39 is 0 Å². The normalized spacial score (nSPS) is 10.1. The minimum absolute atomic E-state index is 0.180. The average molecular weight is 303 g/mol. The largest absolute Gasteiger partial charge is 0.493 e. The molecule has 1 aromatic heterocycles. The molecule has 0 aliphatic rings. The summed E-state index contributed by atoms with van der Waals surface area (Å²) < 4.78 is 12.1. The lowest BCUT2D eigenvalue weighted by molar-refractivity contribution is -0.118. The van der Waals surface area contributed by atoms with Crippen LogP contribution in [0.3, 0.4) is 0 Å². The summed E-state index contributed by atoms with van der Waals surface area (Å²) in [5.41, 5.74) is 1.28. The number of anilines is 1. The summed E-state index contributed by atoms with van der Waals surface area (Å²) >= 11 is 0. The zero-order valence-corrected chi connectivity index (χ0v) is 12.6.